The summed E-state index contributed by atoms with van der Waals surface area (Å²) in [6.07, 6.45) is 0. The highest BCUT2D eigenvalue weighted by Crippen LogP contribution is 2.24. The Labute approximate surface area is 196 Å². The molecule has 8 nitrogen and oxygen atoms in total. The van der Waals surface area contributed by atoms with E-state index in [1.807, 2.05) is 31.2 Å². The van der Waals surface area contributed by atoms with Crippen molar-refractivity contribution in [1.82, 2.24) is 15.1 Å². The molecule has 1 N–H and O–H groups in total. The number of nitrogens with zero attached hydrogens (tertiary/aromatic N) is 3. The second-order valence-electron chi connectivity index (χ2n) is 7.41. The monoisotopic (exact) mass is 532 g/mol. The van der Waals surface area contributed by atoms with E-state index in [0.717, 1.165) is 24.6 Å². The van der Waals surface area contributed by atoms with E-state index in [-0.39, 0.29) is 54.3 Å². The van der Waals surface area contributed by atoms with E-state index in [4.69, 9.17) is 14.5 Å². The van der Waals surface area contributed by atoms with Crippen molar-refractivity contribution in [3.8, 4) is 5.75 Å². The van der Waals surface area contributed by atoms with Crippen LogP contribution in [0, 0.1) is 11.8 Å². The number of likely N-dealkylation sites (tertiary alicyclic amines) is 1. The summed E-state index contributed by atoms with van der Waals surface area (Å²) in [5.74, 6) is 1.21. The number of aliphatic imine (C=N–C) groups is 1. The lowest BCUT2D eigenvalue weighted by Gasteiger charge is -2.21. The highest BCUT2D eigenvalue weighted by Gasteiger charge is 2.36. The van der Waals surface area contributed by atoms with Gasteiger partial charge in [0, 0.05) is 33.7 Å². The number of nitrogens with one attached hydrogen (secondary N) is 1. The zero-order chi connectivity index (χ0) is 21.4. The summed E-state index contributed by atoms with van der Waals surface area (Å²) in [6.45, 7) is 6.63. The molecule has 0 radical (unpaired) electrons. The fraction of sp³-hybridized carbons (Fsp3) is 0.571. The molecule has 0 aromatic heterocycles. The maximum Gasteiger partial charge on any atom is 0.310 e. The molecule has 1 heterocycles. The van der Waals surface area contributed by atoms with E-state index in [1.165, 1.54) is 12.0 Å². The molecule has 9 heteroatoms. The minimum Gasteiger partial charge on any atom is -0.484 e. The van der Waals surface area contributed by atoms with Crippen LogP contribution in [-0.2, 0) is 20.9 Å². The summed E-state index contributed by atoms with van der Waals surface area (Å²) < 4.78 is 10.5. The van der Waals surface area contributed by atoms with E-state index in [1.54, 1.807) is 14.1 Å². The van der Waals surface area contributed by atoms with E-state index >= 15 is 0 Å². The third kappa shape index (κ3) is 7.33. The summed E-state index contributed by atoms with van der Waals surface area (Å²) in [7, 11) is 4.82. The fourth-order valence-corrected chi connectivity index (χ4v) is 3.20. The van der Waals surface area contributed by atoms with Crippen LogP contribution in [0.15, 0.2) is 29.3 Å². The molecule has 1 aromatic rings. The molecular formula is C21H33IN4O4. The van der Waals surface area contributed by atoms with Crippen molar-refractivity contribution in [3.63, 3.8) is 0 Å². The lowest BCUT2D eigenvalue weighted by Crippen LogP contribution is -2.40. The molecule has 2 rings (SSSR count). The van der Waals surface area contributed by atoms with Crippen molar-refractivity contribution in [2.75, 3.05) is 47.4 Å². The maximum atomic E-state index is 12.0. The number of methoxy groups -OCH3 is 1. The molecular weight excluding hydrogens is 499 g/mol. The molecule has 0 aliphatic carbocycles. The molecule has 1 aliphatic heterocycles. The first-order chi connectivity index (χ1) is 13.8. The third-order valence-corrected chi connectivity index (χ3v) is 4.92. The number of esters is 1. The van der Waals surface area contributed by atoms with Crippen LogP contribution in [0.5, 0.6) is 5.75 Å². The summed E-state index contributed by atoms with van der Waals surface area (Å²) >= 11 is 0. The van der Waals surface area contributed by atoms with Gasteiger partial charge in [-0.25, -0.2) is 4.99 Å². The van der Waals surface area contributed by atoms with Crippen LogP contribution in [-0.4, -0.2) is 75.1 Å². The van der Waals surface area contributed by atoms with E-state index in [9.17, 15) is 9.59 Å². The molecule has 1 aliphatic rings. The number of carbonyl (C=O) groups excluding carboxylic acids is 2. The zero-order valence-corrected chi connectivity index (χ0v) is 20.7. The van der Waals surface area contributed by atoms with Gasteiger partial charge in [-0.1, -0.05) is 19.1 Å². The molecule has 1 amide bonds. The summed E-state index contributed by atoms with van der Waals surface area (Å²) in [6, 6.07) is 7.57. The van der Waals surface area contributed by atoms with Crippen molar-refractivity contribution in [3.05, 3.63) is 29.8 Å². The second-order valence-corrected chi connectivity index (χ2v) is 7.41. The predicted molar refractivity (Wildman–Crippen MR) is 127 cm³/mol. The number of guanidine groups is 1. The topological polar surface area (TPSA) is 83.5 Å². The van der Waals surface area contributed by atoms with Gasteiger partial charge in [0.15, 0.2) is 12.6 Å². The van der Waals surface area contributed by atoms with E-state index < -0.39 is 0 Å². The van der Waals surface area contributed by atoms with Crippen molar-refractivity contribution in [1.29, 1.82) is 0 Å². The van der Waals surface area contributed by atoms with Crippen LogP contribution in [0.1, 0.15) is 19.4 Å². The van der Waals surface area contributed by atoms with Crippen molar-refractivity contribution < 1.29 is 19.1 Å². The van der Waals surface area contributed by atoms with Gasteiger partial charge < -0.3 is 24.6 Å². The molecule has 2 atom stereocenters. The van der Waals surface area contributed by atoms with Gasteiger partial charge in [-0.3, -0.25) is 9.59 Å². The largest absolute Gasteiger partial charge is 0.484 e. The van der Waals surface area contributed by atoms with Gasteiger partial charge in [0.25, 0.3) is 5.91 Å². The number of hydrogen-bond donors (Lipinski definition) is 1. The number of amides is 1. The molecule has 0 saturated carbocycles. The smallest absolute Gasteiger partial charge is 0.310 e. The Kier molecular flexibility index (Phi) is 10.9. The number of halogens is 1. The summed E-state index contributed by atoms with van der Waals surface area (Å²) in [5.41, 5.74) is 0.979. The quantitative estimate of drug-likeness (QED) is 0.250. The van der Waals surface area contributed by atoms with Crippen LogP contribution >= 0.6 is 24.0 Å². The first-order valence-corrected chi connectivity index (χ1v) is 9.88. The minimum atomic E-state index is -0.173. The average Bonchev–Trinajstić information content (AvgIpc) is 3.10. The van der Waals surface area contributed by atoms with Gasteiger partial charge >= 0.3 is 5.97 Å². The average molecular weight is 532 g/mol. The van der Waals surface area contributed by atoms with Crippen molar-refractivity contribution in [2.45, 2.75) is 20.4 Å². The van der Waals surface area contributed by atoms with Gasteiger partial charge in [-0.05, 0) is 30.5 Å². The van der Waals surface area contributed by atoms with Crippen LogP contribution < -0.4 is 10.1 Å². The second kappa shape index (κ2) is 12.6. The number of likely N-dealkylation sites (N-methyl/N-ethyl adjacent to an activating group) is 1. The van der Waals surface area contributed by atoms with Gasteiger partial charge in [-0.2, -0.15) is 0 Å². The molecule has 2 unspecified atom stereocenters. The number of ether oxygens (including phenoxy) is 2. The van der Waals surface area contributed by atoms with Crippen LogP contribution in [0.2, 0.25) is 0 Å². The predicted octanol–water partition coefficient (Wildman–Crippen LogP) is 1.98. The Bertz CT molecular complexity index is 741. The Hall–Kier alpha value is -2.04. The maximum absolute atomic E-state index is 12.0. The highest BCUT2D eigenvalue weighted by molar-refractivity contribution is 14.0. The van der Waals surface area contributed by atoms with Crippen molar-refractivity contribution in [2.24, 2.45) is 16.8 Å². The van der Waals surface area contributed by atoms with Crippen LogP contribution in [0.25, 0.3) is 0 Å². The molecule has 30 heavy (non-hydrogen) atoms. The van der Waals surface area contributed by atoms with Gasteiger partial charge in [0.1, 0.15) is 5.75 Å². The summed E-state index contributed by atoms with van der Waals surface area (Å²) in [5, 5.41) is 3.30. The fourth-order valence-electron chi connectivity index (χ4n) is 3.20. The molecule has 1 aromatic carbocycles. The van der Waals surface area contributed by atoms with E-state index in [0.29, 0.717) is 18.8 Å². The first-order valence-electron chi connectivity index (χ1n) is 9.88. The Morgan fingerprint density at radius 2 is 2.03 bits per heavy atom. The molecule has 1 saturated heterocycles. The van der Waals surface area contributed by atoms with Crippen molar-refractivity contribution >= 4 is 41.8 Å². The molecule has 0 spiro atoms. The minimum absolute atomic E-state index is 0. The molecule has 168 valence electrons. The lowest BCUT2D eigenvalue weighted by molar-refractivity contribution is -0.146. The lowest BCUT2D eigenvalue weighted by atomic mass is 9.99. The van der Waals surface area contributed by atoms with Gasteiger partial charge in [-0.15, -0.1) is 24.0 Å². The van der Waals surface area contributed by atoms with Crippen LogP contribution in [0.3, 0.4) is 0 Å². The molecule has 0 bridgehead atoms. The standard InChI is InChI=1S/C21H32N4O4.HI/c1-6-22-21(25-12-15(2)18(13-25)20(27)28-5)23-11-16-8-7-9-17(10-16)29-14-19(26)24(3)4;/h7-10,15,18H,6,11-14H2,1-5H3,(H,22,23);1H. The van der Waals surface area contributed by atoms with E-state index in [2.05, 4.69) is 17.1 Å². The first kappa shape index (κ1) is 26.0. The third-order valence-electron chi connectivity index (χ3n) is 4.92. The SMILES string of the molecule is CCNC(=NCc1cccc(OCC(=O)N(C)C)c1)N1CC(C)C(C(=O)OC)C1.I. The normalized spacial score (nSPS) is 18.4. The molecule has 1 fully saturated rings. The summed E-state index contributed by atoms with van der Waals surface area (Å²) in [4.78, 5) is 32.0. The highest BCUT2D eigenvalue weighted by atomic mass is 127. The zero-order valence-electron chi connectivity index (χ0n) is 18.4. The number of carbonyl (C=O) groups is 2. The van der Waals surface area contributed by atoms with Gasteiger partial charge in [0.05, 0.1) is 19.6 Å². The number of benzene rings is 1. The number of hydrogen-bond acceptors (Lipinski definition) is 5. The Morgan fingerprint density at radius 3 is 2.67 bits per heavy atom. The number of rotatable bonds is 7. The Morgan fingerprint density at radius 1 is 1.30 bits per heavy atom. The van der Waals surface area contributed by atoms with Gasteiger partial charge in [0.2, 0.25) is 0 Å². The van der Waals surface area contributed by atoms with Crippen LogP contribution in [0.4, 0.5) is 0 Å². The Balaban J connectivity index is 0.00000450.